The molecule has 19 heavy (non-hydrogen) atoms. The molecule has 0 spiro atoms. The SMILES string of the molecule is O=C(O)CNC(=O)CNC(=O)c1cccc(Cl)c1Cl. The number of carbonyl (C=O) groups excluding carboxylic acids is 2. The van der Waals surface area contributed by atoms with Gasteiger partial charge in [0.1, 0.15) is 6.54 Å². The lowest BCUT2D eigenvalue weighted by molar-refractivity contribution is -0.137. The second kappa shape index (κ2) is 6.96. The number of nitrogens with one attached hydrogen (secondary N) is 2. The average Bonchev–Trinajstić information content (AvgIpc) is 2.36. The highest BCUT2D eigenvalue weighted by atomic mass is 35.5. The van der Waals surface area contributed by atoms with Crippen LogP contribution in [-0.4, -0.2) is 36.0 Å². The molecule has 0 bridgehead atoms. The zero-order valence-electron chi connectivity index (χ0n) is 9.57. The Kier molecular flexibility index (Phi) is 5.59. The Balaban J connectivity index is 2.54. The number of carbonyl (C=O) groups is 3. The number of benzene rings is 1. The van der Waals surface area contributed by atoms with Crippen molar-refractivity contribution in [2.75, 3.05) is 13.1 Å². The zero-order valence-corrected chi connectivity index (χ0v) is 11.1. The van der Waals surface area contributed by atoms with Crippen LogP contribution in [0.5, 0.6) is 0 Å². The molecule has 8 heteroatoms. The van der Waals surface area contributed by atoms with E-state index in [2.05, 4.69) is 10.6 Å². The maximum absolute atomic E-state index is 11.7. The number of hydrogen-bond acceptors (Lipinski definition) is 3. The molecule has 0 saturated heterocycles. The van der Waals surface area contributed by atoms with Crippen molar-refractivity contribution in [3.8, 4) is 0 Å². The first-order chi connectivity index (χ1) is 8.91. The Bertz CT molecular complexity index is 519. The summed E-state index contributed by atoms with van der Waals surface area (Å²) in [5.74, 6) is -2.36. The van der Waals surface area contributed by atoms with E-state index in [-0.39, 0.29) is 22.2 Å². The topological polar surface area (TPSA) is 95.5 Å². The Morgan fingerprint density at radius 2 is 1.79 bits per heavy atom. The van der Waals surface area contributed by atoms with Crippen molar-refractivity contribution in [3.05, 3.63) is 33.8 Å². The zero-order chi connectivity index (χ0) is 14.4. The quantitative estimate of drug-likeness (QED) is 0.754. The van der Waals surface area contributed by atoms with E-state index in [1.54, 1.807) is 6.07 Å². The Morgan fingerprint density at radius 3 is 2.42 bits per heavy atom. The van der Waals surface area contributed by atoms with Gasteiger partial charge in [-0.15, -0.1) is 0 Å². The van der Waals surface area contributed by atoms with E-state index in [4.69, 9.17) is 28.3 Å². The van der Waals surface area contributed by atoms with Crippen molar-refractivity contribution in [3.63, 3.8) is 0 Å². The number of hydrogen-bond donors (Lipinski definition) is 3. The highest BCUT2D eigenvalue weighted by Gasteiger charge is 2.13. The van der Waals surface area contributed by atoms with E-state index in [0.29, 0.717) is 0 Å². The smallest absolute Gasteiger partial charge is 0.322 e. The van der Waals surface area contributed by atoms with Crippen LogP contribution < -0.4 is 10.6 Å². The van der Waals surface area contributed by atoms with Gasteiger partial charge in [0.2, 0.25) is 5.91 Å². The minimum absolute atomic E-state index is 0.0904. The van der Waals surface area contributed by atoms with E-state index in [1.807, 2.05) is 0 Å². The van der Waals surface area contributed by atoms with Crippen molar-refractivity contribution in [2.45, 2.75) is 0 Å². The van der Waals surface area contributed by atoms with Crippen LogP contribution in [0.4, 0.5) is 0 Å². The second-order valence-electron chi connectivity index (χ2n) is 3.45. The molecule has 6 nitrogen and oxygen atoms in total. The first-order valence-electron chi connectivity index (χ1n) is 5.12. The van der Waals surface area contributed by atoms with E-state index in [1.165, 1.54) is 12.1 Å². The highest BCUT2D eigenvalue weighted by Crippen LogP contribution is 2.25. The van der Waals surface area contributed by atoms with E-state index < -0.39 is 24.3 Å². The summed E-state index contributed by atoms with van der Waals surface area (Å²) < 4.78 is 0. The number of rotatable bonds is 5. The molecule has 0 aromatic heterocycles. The van der Waals surface area contributed by atoms with Crippen LogP contribution in [-0.2, 0) is 9.59 Å². The molecule has 0 radical (unpaired) electrons. The van der Waals surface area contributed by atoms with Crippen molar-refractivity contribution in [1.82, 2.24) is 10.6 Å². The molecule has 102 valence electrons. The van der Waals surface area contributed by atoms with Gasteiger partial charge in [-0.3, -0.25) is 14.4 Å². The van der Waals surface area contributed by atoms with Crippen LogP contribution in [0.2, 0.25) is 10.0 Å². The molecular weight excluding hydrogens is 295 g/mol. The predicted molar refractivity (Wildman–Crippen MR) is 69.4 cm³/mol. The molecular formula is C11H10Cl2N2O4. The summed E-state index contributed by atoms with van der Waals surface area (Å²) in [6.07, 6.45) is 0. The monoisotopic (exact) mass is 304 g/mol. The maximum Gasteiger partial charge on any atom is 0.322 e. The second-order valence-corrected chi connectivity index (χ2v) is 4.24. The normalized spacial score (nSPS) is 9.79. The van der Waals surface area contributed by atoms with Gasteiger partial charge in [-0.25, -0.2) is 0 Å². The van der Waals surface area contributed by atoms with Gasteiger partial charge in [0.25, 0.3) is 5.91 Å². The fraction of sp³-hybridized carbons (Fsp3) is 0.182. The van der Waals surface area contributed by atoms with Crippen molar-refractivity contribution in [2.24, 2.45) is 0 Å². The Morgan fingerprint density at radius 1 is 1.11 bits per heavy atom. The first kappa shape index (κ1) is 15.3. The molecule has 1 aromatic carbocycles. The predicted octanol–water partition coefficient (Wildman–Crippen LogP) is 0.924. The number of amides is 2. The summed E-state index contributed by atoms with van der Waals surface area (Å²) in [5.41, 5.74) is 0.139. The van der Waals surface area contributed by atoms with Crippen molar-refractivity contribution >= 4 is 41.0 Å². The standard InChI is InChI=1S/C11H10Cl2N2O4/c12-7-3-1-2-6(10(7)13)11(19)15-4-8(16)14-5-9(17)18/h1-3H,4-5H2,(H,14,16)(H,15,19)(H,17,18). The van der Waals surface area contributed by atoms with Gasteiger partial charge in [-0.05, 0) is 12.1 Å². The summed E-state index contributed by atoms with van der Waals surface area (Å²) in [6, 6.07) is 4.53. The number of carboxylic acid groups (broad SMARTS) is 1. The minimum Gasteiger partial charge on any atom is -0.480 e. The fourth-order valence-corrected chi connectivity index (χ4v) is 1.56. The molecule has 2 amide bonds. The lowest BCUT2D eigenvalue weighted by Gasteiger charge is -2.07. The third kappa shape index (κ3) is 4.76. The summed E-state index contributed by atoms with van der Waals surface area (Å²) in [7, 11) is 0. The molecule has 0 atom stereocenters. The fourth-order valence-electron chi connectivity index (χ4n) is 1.17. The first-order valence-corrected chi connectivity index (χ1v) is 5.88. The van der Waals surface area contributed by atoms with Crippen LogP contribution in [0.3, 0.4) is 0 Å². The van der Waals surface area contributed by atoms with Crippen LogP contribution in [0.25, 0.3) is 0 Å². The largest absolute Gasteiger partial charge is 0.480 e. The van der Waals surface area contributed by atoms with Crippen LogP contribution >= 0.6 is 23.2 Å². The van der Waals surface area contributed by atoms with Gasteiger partial charge in [0, 0.05) is 0 Å². The van der Waals surface area contributed by atoms with Gasteiger partial charge < -0.3 is 15.7 Å². The van der Waals surface area contributed by atoms with Crippen LogP contribution in [0.15, 0.2) is 18.2 Å². The maximum atomic E-state index is 11.7. The number of halogens is 2. The van der Waals surface area contributed by atoms with Crippen LogP contribution in [0, 0.1) is 0 Å². The molecule has 0 heterocycles. The Labute approximate surface area is 118 Å². The highest BCUT2D eigenvalue weighted by molar-refractivity contribution is 6.43. The van der Waals surface area contributed by atoms with E-state index in [9.17, 15) is 14.4 Å². The molecule has 3 N–H and O–H groups in total. The van der Waals surface area contributed by atoms with Crippen molar-refractivity contribution in [1.29, 1.82) is 0 Å². The van der Waals surface area contributed by atoms with Crippen molar-refractivity contribution < 1.29 is 19.5 Å². The molecule has 1 aromatic rings. The van der Waals surface area contributed by atoms with E-state index >= 15 is 0 Å². The van der Waals surface area contributed by atoms with Crippen LogP contribution in [0.1, 0.15) is 10.4 Å². The number of aliphatic carboxylic acids is 1. The average molecular weight is 305 g/mol. The molecule has 1 rings (SSSR count). The van der Waals surface area contributed by atoms with E-state index in [0.717, 1.165) is 0 Å². The molecule has 0 aliphatic heterocycles. The summed E-state index contributed by atoms with van der Waals surface area (Å²) in [4.78, 5) is 33.1. The number of carboxylic acids is 1. The molecule has 0 fully saturated rings. The van der Waals surface area contributed by atoms with Gasteiger partial charge in [0.05, 0.1) is 22.2 Å². The van der Waals surface area contributed by atoms with Gasteiger partial charge in [0.15, 0.2) is 0 Å². The summed E-state index contributed by atoms with van der Waals surface area (Å²) in [5, 5.41) is 13.1. The van der Waals surface area contributed by atoms with Gasteiger partial charge >= 0.3 is 5.97 Å². The lowest BCUT2D eigenvalue weighted by Crippen LogP contribution is -2.39. The molecule has 0 aliphatic carbocycles. The van der Waals surface area contributed by atoms with Gasteiger partial charge in [-0.1, -0.05) is 29.3 Å². The molecule has 0 unspecified atom stereocenters. The third-order valence-corrected chi connectivity index (χ3v) is 2.86. The Hall–Kier alpha value is -1.79. The lowest BCUT2D eigenvalue weighted by atomic mass is 10.2. The van der Waals surface area contributed by atoms with Gasteiger partial charge in [-0.2, -0.15) is 0 Å². The minimum atomic E-state index is -1.17. The molecule has 0 aliphatic rings. The molecule has 0 saturated carbocycles. The summed E-state index contributed by atoms with van der Waals surface area (Å²) in [6.45, 7) is -0.860. The third-order valence-electron chi connectivity index (χ3n) is 2.04. The summed E-state index contributed by atoms with van der Waals surface area (Å²) >= 11 is 11.6.